The maximum absolute atomic E-state index is 9.79. The molecule has 0 radical (unpaired) electrons. The van der Waals surface area contributed by atoms with Gasteiger partial charge in [-0.25, -0.2) is 20.0 Å². The summed E-state index contributed by atoms with van der Waals surface area (Å²) in [5.41, 5.74) is 13.1. The van der Waals surface area contributed by atoms with E-state index in [0.717, 1.165) is 66.9 Å². The van der Waals surface area contributed by atoms with Gasteiger partial charge in [-0.2, -0.15) is 20.9 Å². The van der Waals surface area contributed by atoms with E-state index in [1.54, 1.807) is 70.3 Å². The van der Waals surface area contributed by atoms with Gasteiger partial charge < -0.3 is 44.0 Å². The first-order chi connectivity index (χ1) is 45.1. The van der Waals surface area contributed by atoms with Crippen LogP contribution >= 0.6 is 81.6 Å². The van der Waals surface area contributed by atoms with Crippen molar-refractivity contribution >= 4 is 137 Å². The number of anilines is 3. The van der Waals surface area contributed by atoms with Crippen molar-refractivity contribution in [3.8, 4) is 35.5 Å². The summed E-state index contributed by atoms with van der Waals surface area (Å²) in [6.45, 7) is 6.53. The van der Waals surface area contributed by atoms with Gasteiger partial charge in [-0.15, -0.1) is 11.8 Å². The van der Waals surface area contributed by atoms with Crippen LogP contribution in [0.5, 0.6) is 17.2 Å². The molecule has 476 valence electrons. The summed E-state index contributed by atoms with van der Waals surface area (Å²) >= 11 is 28.4. The molecule has 26 heteroatoms. The minimum atomic E-state index is 0.333. The number of nitriles is 3. The fraction of sp³-hybridized carbons (Fsp3) is 0.224. The Labute approximate surface area is 578 Å². The summed E-state index contributed by atoms with van der Waals surface area (Å²) in [6, 6.07) is 39.7. The lowest BCUT2D eigenvalue weighted by Gasteiger charge is -2.17. The molecule has 11 rings (SSSR count). The number of allylic oxidation sites excluding steroid dienone is 1. The van der Waals surface area contributed by atoms with E-state index < -0.39 is 0 Å². The van der Waals surface area contributed by atoms with Gasteiger partial charge in [0.2, 0.25) is 0 Å². The number of thioether (sulfide) groups is 1. The van der Waals surface area contributed by atoms with Gasteiger partial charge >= 0.3 is 0 Å². The molecule has 3 aliphatic rings. The number of aryl methyl sites for hydroxylation is 1. The molecule has 0 aliphatic carbocycles. The molecule has 6 aromatic carbocycles. The molecule has 0 saturated heterocycles. The van der Waals surface area contributed by atoms with Gasteiger partial charge in [-0.3, -0.25) is 12.9 Å². The van der Waals surface area contributed by atoms with Crippen molar-refractivity contribution in [1.82, 2.24) is 22.9 Å². The second kappa shape index (κ2) is 34.3. The van der Waals surface area contributed by atoms with E-state index in [2.05, 4.69) is 71.9 Å². The van der Waals surface area contributed by atoms with E-state index in [0.29, 0.717) is 135 Å². The summed E-state index contributed by atoms with van der Waals surface area (Å²) in [7, 11) is 8.74. The number of rotatable bonds is 16. The highest BCUT2D eigenvalue weighted by Crippen LogP contribution is 2.41. The van der Waals surface area contributed by atoms with Crippen LogP contribution in [0.4, 0.5) is 28.6 Å². The van der Waals surface area contributed by atoms with Crippen LogP contribution in [-0.4, -0.2) is 138 Å². The normalized spacial score (nSPS) is 13.0. The van der Waals surface area contributed by atoms with Gasteiger partial charge in [0.05, 0.1) is 106 Å². The molecule has 0 amide bonds. The third kappa shape index (κ3) is 17.7. The van der Waals surface area contributed by atoms with Crippen molar-refractivity contribution in [1.29, 1.82) is 15.8 Å². The number of fused-ring (bicyclic) bond motifs is 4. The van der Waals surface area contributed by atoms with Gasteiger partial charge in [0.25, 0.3) is 0 Å². The molecule has 0 fully saturated rings. The molecule has 0 spiro atoms. The first-order valence-electron chi connectivity index (χ1n) is 28.4. The summed E-state index contributed by atoms with van der Waals surface area (Å²) in [4.78, 5) is 25.8. The first kappa shape index (κ1) is 70.2. The standard InChI is InChI=1S/C24H25ClN4O2S.C21H18ClN5O2.C19H16ClN3O2S.C3H3IN2/c1-15(29(2)3)22-24(32-5)27-20-13-21(31-11-10-30-4)16(14-26)12-18(20)23(28-22)17-8-6-7-9-19(17)25;1-12-19-21(27-26-12)24-17-10-18(29-8-7-28-2)13(11-23)9-15(17)20(25-19)14-5-3-4-6-16(14)22;1-24-6-7-25-17-9-16-14(8-12(17)10-21)19(22-11-18(26)23-16)13-4-2-3-5-15(13)20;4-6-2-1-5-3-6/h6-9,12-13H,10-11H2,1-5H3;3-6,9-10H,7-8H2,1-2H3,(H2,24,26,27);2-5,8-9H,6-7,11H2,1H3,(H,23,26);1-3H. The largest absolute Gasteiger partial charge is 0.490 e. The number of nitrogens with one attached hydrogen (secondary N) is 3. The quantitative estimate of drug-likeness (QED) is 0.0462. The number of benzodiazepines with no additional fused rings is 1. The Bertz CT molecular complexity index is 4320. The highest BCUT2D eigenvalue weighted by atomic mass is 127. The number of aromatic nitrogens is 4. The molecular weight excluding hydrogens is 1390 g/mol. The zero-order valence-corrected chi connectivity index (χ0v) is 57.8. The summed E-state index contributed by atoms with van der Waals surface area (Å²) in [5.74, 6) is 1.99. The number of hydrogen-bond acceptors (Lipinski definition) is 19. The van der Waals surface area contributed by atoms with Crippen LogP contribution in [0.25, 0.3) is 0 Å². The van der Waals surface area contributed by atoms with E-state index in [1.807, 2.05) is 121 Å². The van der Waals surface area contributed by atoms with E-state index in [-0.39, 0.29) is 0 Å². The number of halogens is 4. The van der Waals surface area contributed by atoms with Crippen molar-refractivity contribution in [3.05, 3.63) is 210 Å². The van der Waals surface area contributed by atoms with Gasteiger partial charge in [-0.05, 0) is 56.5 Å². The predicted octanol–water partition coefficient (Wildman–Crippen LogP) is 14.7. The molecule has 3 N–H and O–H groups in total. The number of ether oxygens (including phenoxy) is 6. The van der Waals surface area contributed by atoms with Crippen LogP contribution in [0.15, 0.2) is 159 Å². The van der Waals surface area contributed by atoms with Crippen LogP contribution in [0.2, 0.25) is 15.1 Å². The molecular formula is C67H62Cl3IN14O6S2. The number of H-pyrrole nitrogens is 1. The fourth-order valence-corrected chi connectivity index (χ4v) is 10.8. The number of nitrogens with zero attached hydrogens (tertiary/aromatic N) is 11. The molecule has 8 aromatic rings. The lowest BCUT2D eigenvalue weighted by Crippen LogP contribution is -2.14. The second-order valence-corrected chi connectivity index (χ2v) is 23.7. The summed E-state index contributed by atoms with van der Waals surface area (Å²) in [5, 5.41) is 45.2. The van der Waals surface area contributed by atoms with Crippen LogP contribution in [0.3, 0.4) is 0 Å². The van der Waals surface area contributed by atoms with Crippen molar-refractivity contribution in [2.24, 2.45) is 20.0 Å². The summed E-state index contributed by atoms with van der Waals surface area (Å²) < 4.78 is 34.2. The molecule has 0 bridgehead atoms. The Hall–Kier alpha value is -8.65. The minimum Gasteiger partial charge on any atom is -0.490 e. The molecule has 0 unspecified atom stereocenters. The Morgan fingerprint density at radius 1 is 0.645 bits per heavy atom. The van der Waals surface area contributed by atoms with Gasteiger partial charge in [0, 0.05) is 120 Å². The number of thiocarbonyl (C=S) groups is 1. The first-order valence-corrected chi connectivity index (χ1v) is 32.1. The van der Waals surface area contributed by atoms with Gasteiger partial charge in [0.1, 0.15) is 83.0 Å². The SMILES string of the molecule is COCCOc1cc2c(cc1C#N)C(c1ccccc1Cl)=NC(=C(C)N(C)C)C(SC)=N2.COCCOc1cc2c(cc1C#N)C(c1ccccc1Cl)=NCC(=S)N2.COCCOc1cc2c(cc1C#N)C(c1ccccc1Cl)=Nc1c(n[nH]c1C)N2.In1ccnc1. The van der Waals surface area contributed by atoms with Crippen LogP contribution in [0.1, 0.15) is 62.7 Å². The average Bonchev–Trinajstić information content (AvgIpc) is 1.76. The molecule has 20 nitrogen and oxygen atoms in total. The van der Waals surface area contributed by atoms with Crippen LogP contribution in [0, 0.1) is 40.9 Å². The Morgan fingerprint density at radius 2 is 1.12 bits per heavy atom. The molecule has 2 aromatic heterocycles. The van der Waals surface area contributed by atoms with E-state index in [4.69, 9.17) is 90.4 Å². The van der Waals surface area contributed by atoms with Crippen LogP contribution < -0.4 is 24.8 Å². The fourth-order valence-electron chi connectivity index (χ4n) is 9.12. The lowest BCUT2D eigenvalue weighted by molar-refractivity contribution is 0.146. The highest BCUT2D eigenvalue weighted by molar-refractivity contribution is 14.1. The minimum absolute atomic E-state index is 0.333. The number of aliphatic imine (C=N–C) groups is 4. The monoisotopic (exact) mass is 1450 g/mol. The molecule has 0 saturated carbocycles. The zero-order chi connectivity index (χ0) is 66.6. The molecule has 5 heterocycles. The maximum atomic E-state index is 9.79. The van der Waals surface area contributed by atoms with E-state index in [1.165, 1.54) is 11.8 Å². The van der Waals surface area contributed by atoms with Gasteiger partial charge in [0.15, 0.2) is 5.82 Å². The molecule has 93 heavy (non-hydrogen) atoms. The smallest absolute Gasteiger partial charge is 0.178 e. The summed E-state index contributed by atoms with van der Waals surface area (Å²) in [6.07, 6.45) is 7.32. The third-order valence-electron chi connectivity index (χ3n) is 13.9. The second-order valence-electron chi connectivity index (χ2n) is 20.1. The number of aromatic amines is 1. The zero-order valence-electron chi connectivity index (χ0n) is 51.8. The van der Waals surface area contributed by atoms with Crippen molar-refractivity contribution in [3.63, 3.8) is 0 Å². The average molecular weight is 1460 g/mol. The maximum Gasteiger partial charge on any atom is 0.178 e. The van der Waals surface area contributed by atoms with Crippen molar-refractivity contribution in [2.45, 2.75) is 13.8 Å². The topological polar surface area (TPSA) is 250 Å². The Kier molecular flexibility index (Phi) is 25.9. The Balaban J connectivity index is 0.000000172. The Morgan fingerprint density at radius 3 is 1.57 bits per heavy atom. The number of benzene rings is 6. The predicted molar refractivity (Wildman–Crippen MR) is 383 cm³/mol. The van der Waals surface area contributed by atoms with E-state index in [9.17, 15) is 15.8 Å². The molecule has 3 aliphatic heterocycles. The lowest BCUT2D eigenvalue weighted by atomic mass is 9.98. The number of imidazole rings is 1. The van der Waals surface area contributed by atoms with Crippen LogP contribution in [-0.2, 0) is 14.2 Å². The van der Waals surface area contributed by atoms with E-state index >= 15 is 0 Å². The van der Waals surface area contributed by atoms with Crippen molar-refractivity contribution in [2.75, 3.05) is 98.5 Å². The number of methoxy groups -OCH3 is 3. The van der Waals surface area contributed by atoms with Gasteiger partial charge in [-0.1, -0.05) is 102 Å². The van der Waals surface area contributed by atoms with Crippen molar-refractivity contribution < 1.29 is 28.4 Å². The third-order valence-corrected chi connectivity index (χ3v) is 16.3. The molecule has 0 atom stereocenters. The number of hydrogen-bond donors (Lipinski definition) is 3. The highest BCUT2D eigenvalue weighted by Gasteiger charge is 2.28.